The number of anilines is 1. The van der Waals surface area contributed by atoms with Gasteiger partial charge in [0.1, 0.15) is 0 Å². The van der Waals surface area contributed by atoms with E-state index in [0.29, 0.717) is 43.9 Å². The first-order chi connectivity index (χ1) is 14.9. The number of hydrogen-bond acceptors (Lipinski definition) is 6. The van der Waals surface area contributed by atoms with E-state index in [0.717, 1.165) is 12.1 Å². The van der Waals surface area contributed by atoms with Gasteiger partial charge in [0.25, 0.3) is 5.91 Å². The van der Waals surface area contributed by atoms with E-state index in [9.17, 15) is 18.0 Å². The number of rotatable bonds is 5. The Morgan fingerprint density at radius 1 is 1.06 bits per heavy atom. The van der Waals surface area contributed by atoms with E-state index in [1.54, 1.807) is 30.3 Å². The van der Waals surface area contributed by atoms with Gasteiger partial charge in [0.15, 0.2) is 6.10 Å². The van der Waals surface area contributed by atoms with Crippen LogP contribution in [0.2, 0.25) is 0 Å². The minimum atomic E-state index is -3.58. The summed E-state index contributed by atoms with van der Waals surface area (Å²) in [6.45, 7) is 5.32. The molecule has 0 bridgehead atoms. The molecule has 1 fully saturated rings. The summed E-state index contributed by atoms with van der Waals surface area (Å²) in [6, 6.07) is 13.1. The maximum atomic E-state index is 12.9. The van der Waals surface area contributed by atoms with Crippen LogP contribution in [0.3, 0.4) is 0 Å². The van der Waals surface area contributed by atoms with Crippen LogP contribution < -0.4 is 5.32 Å². The van der Waals surface area contributed by atoms with Crippen molar-refractivity contribution < 1.29 is 22.7 Å². The van der Waals surface area contributed by atoms with E-state index in [2.05, 4.69) is 17.1 Å². The summed E-state index contributed by atoms with van der Waals surface area (Å²) in [5.41, 5.74) is 1.68. The molecule has 2 heterocycles. The Morgan fingerprint density at radius 3 is 2.42 bits per heavy atom. The first-order valence-corrected chi connectivity index (χ1v) is 11.7. The standard InChI is InChI=1S/C22H25N3O5S/c1-2-24-11-13-25(14-12-24)31(28,29)18-9-7-17(8-10-18)23-21(26)20-15-16-5-3-4-6-19(16)22(27)30-20/h3-10,20H,2,11-15H2,1H3,(H,23,26)/t20-/m0/s1. The maximum Gasteiger partial charge on any atom is 0.339 e. The molecule has 1 saturated heterocycles. The van der Waals surface area contributed by atoms with Crippen LogP contribution in [0.15, 0.2) is 53.4 Å². The van der Waals surface area contributed by atoms with Crippen molar-refractivity contribution in [2.45, 2.75) is 24.3 Å². The lowest BCUT2D eigenvalue weighted by Crippen LogP contribution is -2.48. The van der Waals surface area contributed by atoms with Gasteiger partial charge in [-0.25, -0.2) is 13.2 Å². The van der Waals surface area contributed by atoms with Gasteiger partial charge in [0, 0.05) is 38.3 Å². The number of hydrogen-bond donors (Lipinski definition) is 1. The number of benzene rings is 2. The first-order valence-electron chi connectivity index (χ1n) is 10.3. The molecular weight excluding hydrogens is 418 g/mol. The fourth-order valence-electron chi connectivity index (χ4n) is 3.85. The van der Waals surface area contributed by atoms with Crippen molar-refractivity contribution >= 4 is 27.6 Å². The van der Waals surface area contributed by atoms with Gasteiger partial charge < -0.3 is 15.0 Å². The van der Waals surface area contributed by atoms with Crippen LogP contribution >= 0.6 is 0 Å². The van der Waals surface area contributed by atoms with Crippen LogP contribution in [0, 0.1) is 0 Å². The highest BCUT2D eigenvalue weighted by molar-refractivity contribution is 7.89. The van der Waals surface area contributed by atoms with Gasteiger partial charge in [-0.2, -0.15) is 4.31 Å². The highest BCUT2D eigenvalue weighted by Crippen LogP contribution is 2.23. The molecule has 4 rings (SSSR count). The zero-order valence-corrected chi connectivity index (χ0v) is 18.1. The molecule has 0 aromatic heterocycles. The fraction of sp³-hybridized carbons (Fsp3) is 0.364. The third-order valence-electron chi connectivity index (χ3n) is 5.72. The molecule has 2 aromatic rings. The van der Waals surface area contributed by atoms with Gasteiger partial charge >= 0.3 is 5.97 Å². The molecule has 1 amide bonds. The number of fused-ring (bicyclic) bond motifs is 1. The zero-order valence-electron chi connectivity index (χ0n) is 17.3. The number of carbonyl (C=O) groups is 2. The number of piperazine rings is 1. The van der Waals surface area contributed by atoms with Crippen molar-refractivity contribution in [3.63, 3.8) is 0 Å². The van der Waals surface area contributed by atoms with Crippen LogP contribution in [-0.2, 0) is 26.0 Å². The Hall–Kier alpha value is -2.75. The molecule has 0 radical (unpaired) electrons. The largest absolute Gasteiger partial charge is 0.448 e. The average molecular weight is 444 g/mol. The molecule has 8 nitrogen and oxygen atoms in total. The Bertz CT molecular complexity index is 1080. The third kappa shape index (κ3) is 4.48. The van der Waals surface area contributed by atoms with E-state index in [1.807, 2.05) is 6.07 Å². The van der Waals surface area contributed by atoms with Gasteiger partial charge in [-0.15, -0.1) is 0 Å². The monoisotopic (exact) mass is 443 g/mol. The molecule has 9 heteroatoms. The zero-order chi connectivity index (χ0) is 22.0. The molecular formula is C22H25N3O5S. The topological polar surface area (TPSA) is 96.0 Å². The number of carbonyl (C=O) groups excluding carboxylic acids is 2. The van der Waals surface area contributed by atoms with E-state index in [1.165, 1.54) is 16.4 Å². The summed E-state index contributed by atoms with van der Waals surface area (Å²) >= 11 is 0. The predicted octanol–water partition coefficient (Wildman–Crippen LogP) is 1.73. The molecule has 1 N–H and O–H groups in total. The van der Waals surface area contributed by atoms with E-state index in [-0.39, 0.29) is 4.90 Å². The number of esters is 1. The third-order valence-corrected chi connectivity index (χ3v) is 7.64. The van der Waals surface area contributed by atoms with E-state index < -0.39 is 28.0 Å². The Balaban J connectivity index is 1.41. The molecule has 0 saturated carbocycles. The van der Waals surface area contributed by atoms with E-state index in [4.69, 9.17) is 4.74 Å². The molecule has 31 heavy (non-hydrogen) atoms. The SMILES string of the molecule is CCN1CCN(S(=O)(=O)c2ccc(NC(=O)[C@@H]3Cc4ccccc4C(=O)O3)cc2)CC1. The summed E-state index contributed by atoms with van der Waals surface area (Å²) in [6.07, 6.45) is -0.634. The first kappa shape index (κ1) is 21.5. The quantitative estimate of drug-likeness (QED) is 0.707. The highest BCUT2D eigenvalue weighted by atomic mass is 32.2. The second kappa shape index (κ2) is 8.78. The Morgan fingerprint density at radius 2 is 1.74 bits per heavy atom. The van der Waals surface area contributed by atoms with Crippen LogP contribution in [0.25, 0.3) is 0 Å². The summed E-state index contributed by atoms with van der Waals surface area (Å²) in [7, 11) is -3.58. The van der Waals surface area contributed by atoms with Crippen LogP contribution in [-0.4, -0.2) is 68.3 Å². The average Bonchev–Trinajstić information content (AvgIpc) is 2.79. The van der Waals surface area contributed by atoms with Crippen molar-refractivity contribution in [2.24, 2.45) is 0 Å². The molecule has 0 aliphatic carbocycles. The smallest absolute Gasteiger partial charge is 0.339 e. The summed E-state index contributed by atoms with van der Waals surface area (Å²) in [5, 5.41) is 2.70. The number of ether oxygens (including phenoxy) is 1. The lowest BCUT2D eigenvalue weighted by Gasteiger charge is -2.33. The second-order valence-corrected chi connectivity index (χ2v) is 9.55. The molecule has 2 aromatic carbocycles. The molecule has 2 aliphatic heterocycles. The second-order valence-electron chi connectivity index (χ2n) is 7.61. The molecule has 164 valence electrons. The van der Waals surface area contributed by atoms with E-state index >= 15 is 0 Å². The summed E-state index contributed by atoms with van der Waals surface area (Å²) in [4.78, 5) is 27.1. The summed E-state index contributed by atoms with van der Waals surface area (Å²) < 4.78 is 32.5. The predicted molar refractivity (Wildman–Crippen MR) is 115 cm³/mol. The number of likely N-dealkylation sites (N-methyl/N-ethyl adjacent to an activating group) is 1. The highest BCUT2D eigenvalue weighted by Gasteiger charge is 2.31. The van der Waals surface area contributed by atoms with Crippen LogP contribution in [0.5, 0.6) is 0 Å². The van der Waals surface area contributed by atoms with Crippen molar-refractivity contribution in [1.82, 2.24) is 9.21 Å². The Kier molecular flexibility index (Phi) is 6.08. The minimum absolute atomic E-state index is 0.188. The van der Waals surface area contributed by atoms with Crippen LogP contribution in [0.4, 0.5) is 5.69 Å². The summed E-state index contributed by atoms with van der Waals surface area (Å²) in [5.74, 6) is -0.972. The van der Waals surface area contributed by atoms with Gasteiger partial charge in [0.05, 0.1) is 10.5 Å². The maximum absolute atomic E-state index is 12.9. The fourth-order valence-corrected chi connectivity index (χ4v) is 5.27. The van der Waals surface area contributed by atoms with Crippen LogP contribution in [0.1, 0.15) is 22.8 Å². The van der Waals surface area contributed by atoms with Crippen molar-refractivity contribution in [2.75, 3.05) is 38.0 Å². The number of cyclic esters (lactones) is 1. The minimum Gasteiger partial charge on any atom is -0.448 e. The number of nitrogens with zero attached hydrogens (tertiary/aromatic N) is 2. The van der Waals surface area contributed by atoms with Gasteiger partial charge in [-0.05, 0) is 42.4 Å². The molecule has 0 unspecified atom stereocenters. The normalized spacial score (nSPS) is 20.0. The van der Waals surface area contributed by atoms with Crippen molar-refractivity contribution in [3.05, 3.63) is 59.7 Å². The number of amides is 1. The van der Waals surface area contributed by atoms with Gasteiger partial charge in [-0.3, -0.25) is 4.79 Å². The number of sulfonamides is 1. The van der Waals surface area contributed by atoms with Gasteiger partial charge in [0.2, 0.25) is 10.0 Å². The lowest BCUT2D eigenvalue weighted by atomic mass is 9.98. The molecule has 0 spiro atoms. The van der Waals surface area contributed by atoms with Crippen molar-refractivity contribution in [1.29, 1.82) is 0 Å². The number of nitrogens with one attached hydrogen (secondary N) is 1. The molecule has 1 atom stereocenters. The molecule has 2 aliphatic rings. The Labute approximate surface area is 181 Å². The van der Waals surface area contributed by atoms with Crippen molar-refractivity contribution in [3.8, 4) is 0 Å². The lowest BCUT2D eigenvalue weighted by molar-refractivity contribution is -0.125. The van der Waals surface area contributed by atoms with Gasteiger partial charge in [-0.1, -0.05) is 25.1 Å².